The van der Waals surface area contributed by atoms with Crippen molar-refractivity contribution in [2.75, 3.05) is 0 Å². The van der Waals surface area contributed by atoms with E-state index < -0.39 is 0 Å². The molecule has 3 nitrogen and oxygen atoms in total. The number of fused-ring (bicyclic) bond motifs is 2. The molecule has 1 aromatic heterocycles. The number of hydrogen-bond donors (Lipinski definition) is 0. The number of nitrogens with zero attached hydrogens (tertiary/aromatic N) is 1. The fourth-order valence-electron chi connectivity index (χ4n) is 1.99. The lowest BCUT2D eigenvalue weighted by atomic mass is 10.1. The number of carbonyl (C=O) groups excluding carboxylic acids is 1. The number of Topliss-reactive ketones (excluding diaryl/α,β-unsaturated/α-hetero) is 1. The summed E-state index contributed by atoms with van der Waals surface area (Å²) in [6.45, 7) is 1.55. The van der Waals surface area contributed by atoms with Gasteiger partial charge in [0.2, 0.25) is 5.88 Å². The van der Waals surface area contributed by atoms with E-state index in [1.807, 2.05) is 24.3 Å². The van der Waals surface area contributed by atoms with Crippen molar-refractivity contribution in [3.05, 3.63) is 35.9 Å². The van der Waals surface area contributed by atoms with Crippen LogP contribution in [0.2, 0.25) is 0 Å². The molecule has 1 aromatic carbocycles. The Kier molecular flexibility index (Phi) is 1.93. The lowest BCUT2D eigenvalue weighted by Crippen LogP contribution is -2.22. The molecule has 2 aromatic rings. The molecule has 0 bridgehead atoms. The Morgan fingerprint density at radius 1 is 1.44 bits per heavy atom. The normalized spacial score (nSPS) is 18.2. The Bertz CT molecular complexity index is 533. The minimum atomic E-state index is -0.348. The molecule has 0 saturated heterocycles. The predicted molar refractivity (Wildman–Crippen MR) is 60.5 cm³/mol. The maximum Gasteiger partial charge on any atom is 0.218 e. The van der Waals surface area contributed by atoms with Crippen LogP contribution in [0.4, 0.5) is 0 Å². The summed E-state index contributed by atoms with van der Waals surface area (Å²) in [6.07, 6.45) is 0.294. The van der Waals surface area contributed by atoms with E-state index in [4.69, 9.17) is 4.74 Å². The second-order valence-corrected chi connectivity index (χ2v) is 4.07. The maximum absolute atomic E-state index is 11.3. The highest BCUT2D eigenvalue weighted by Gasteiger charge is 2.27. The minimum absolute atomic E-state index is 0.0575. The first-order valence-electron chi connectivity index (χ1n) is 5.30. The summed E-state index contributed by atoms with van der Waals surface area (Å²) in [5, 5.41) is 1.09. The number of para-hydroxylation sites is 1. The van der Waals surface area contributed by atoms with Gasteiger partial charge in [0.25, 0.3) is 0 Å². The van der Waals surface area contributed by atoms with Gasteiger partial charge < -0.3 is 4.74 Å². The molecule has 2 heterocycles. The summed E-state index contributed by atoms with van der Waals surface area (Å²) in [5.74, 6) is 0.668. The Labute approximate surface area is 93.1 Å². The van der Waals surface area contributed by atoms with Gasteiger partial charge in [-0.25, -0.2) is 4.98 Å². The first kappa shape index (κ1) is 9.33. The number of ether oxygens (including phenoxy) is 1. The largest absolute Gasteiger partial charge is 0.466 e. The lowest BCUT2D eigenvalue weighted by molar-refractivity contribution is -0.122. The van der Waals surface area contributed by atoms with E-state index in [9.17, 15) is 4.79 Å². The molecule has 1 aliphatic rings. The highest BCUT2D eigenvalue weighted by atomic mass is 16.5. The number of hydrogen-bond acceptors (Lipinski definition) is 3. The van der Waals surface area contributed by atoms with Crippen molar-refractivity contribution < 1.29 is 9.53 Å². The predicted octanol–water partition coefficient (Wildman–Crippen LogP) is 2.13. The third-order valence-corrected chi connectivity index (χ3v) is 2.88. The van der Waals surface area contributed by atoms with Gasteiger partial charge in [-0.1, -0.05) is 18.2 Å². The van der Waals surface area contributed by atoms with E-state index in [2.05, 4.69) is 11.1 Å². The molecule has 0 radical (unpaired) electrons. The number of carbonyl (C=O) groups is 1. The van der Waals surface area contributed by atoms with Gasteiger partial charge in [0.15, 0.2) is 11.9 Å². The van der Waals surface area contributed by atoms with Gasteiger partial charge in [-0.05, 0) is 19.1 Å². The van der Waals surface area contributed by atoms with Crippen molar-refractivity contribution in [3.63, 3.8) is 0 Å². The molecule has 1 atom stereocenters. The van der Waals surface area contributed by atoms with E-state index in [0.29, 0.717) is 12.3 Å². The van der Waals surface area contributed by atoms with Crippen molar-refractivity contribution in [1.29, 1.82) is 0 Å². The molecule has 0 spiro atoms. The summed E-state index contributed by atoms with van der Waals surface area (Å²) >= 11 is 0. The lowest BCUT2D eigenvalue weighted by Gasteiger charge is -2.04. The van der Waals surface area contributed by atoms with Crippen LogP contribution >= 0.6 is 0 Å². The Hall–Kier alpha value is -1.90. The molecule has 0 amide bonds. The quantitative estimate of drug-likeness (QED) is 0.728. The summed E-state index contributed by atoms with van der Waals surface area (Å²) in [6, 6.07) is 9.94. The summed E-state index contributed by atoms with van der Waals surface area (Å²) in [4.78, 5) is 15.7. The molecule has 80 valence electrons. The molecule has 0 aliphatic carbocycles. The molecule has 1 unspecified atom stereocenters. The number of pyridine rings is 1. The Morgan fingerprint density at radius 3 is 3.06 bits per heavy atom. The van der Waals surface area contributed by atoms with E-state index in [1.165, 1.54) is 0 Å². The van der Waals surface area contributed by atoms with Crippen LogP contribution in [-0.4, -0.2) is 16.9 Å². The number of ketones is 1. The van der Waals surface area contributed by atoms with Gasteiger partial charge in [-0.2, -0.15) is 0 Å². The molecule has 0 fully saturated rings. The second kappa shape index (κ2) is 3.30. The van der Waals surface area contributed by atoms with Gasteiger partial charge in [-0.15, -0.1) is 0 Å². The third kappa shape index (κ3) is 1.36. The number of aromatic nitrogens is 1. The van der Waals surface area contributed by atoms with Crippen LogP contribution in [-0.2, 0) is 11.2 Å². The molecule has 3 rings (SSSR count). The SMILES string of the molecule is CC(=O)C1Cc2cc3ccccc3nc2O1. The average molecular weight is 213 g/mol. The van der Waals surface area contributed by atoms with Crippen LogP contribution < -0.4 is 4.74 Å². The van der Waals surface area contributed by atoms with Crippen LogP contribution in [0.5, 0.6) is 5.88 Å². The molecular weight excluding hydrogens is 202 g/mol. The topological polar surface area (TPSA) is 39.2 Å². The van der Waals surface area contributed by atoms with Crippen LogP contribution in [0.3, 0.4) is 0 Å². The molecule has 16 heavy (non-hydrogen) atoms. The molecule has 3 heteroatoms. The first-order valence-corrected chi connectivity index (χ1v) is 5.30. The fraction of sp³-hybridized carbons (Fsp3) is 0.231. The van der Waals surface area contributed by atoms with Gasteiger partial charge in [0, 0.05) is 17.4 Å². The zero-order chi connectivity index (χ0) is 11.1. The van der Waals surface area contributed by atoms with Crippen molar-refractivity contribution in [3.8, 4) is 5.88 Å². The van der Waals surface area contributed by atoms with Gasteiger partial charge >= 0.3 is 0 Å². The minimum Gasteiger partial charge on any atom is -0.466 e. The molecule has 0 N–H and O–H groups in total. The van der Waals surface area contributed by atoms with E-state index in [1.54, 1.807) is 6.92 Å². The Balaban J connectivity index is 2.11. The van der Waals surface area contributed by atoms with E-state index in [-0.39, 0.29) is 11.9 Å². The zero-order valence-electron chi connectivity index (χ0n) is 8.93. The van der Waals surface area contributed by atoms with Crippen LogP contribution in [0.25, 0.3) is 10.9 Å². The first-order chi connectivity index (χ1) is 7.74. The standard InChI is InChI=1S/C13H11NO2/c1-8(15)12-7-10-6-9-4-2-3-5-11(9)14-13(10)16-12/h2-6,12H,7H2,1H3. The van der Waals surface area contributed by atoms with Gasteiger partial charge in [0.1, 0.15) is 0 Å². The maximum atomic E-state index is 11.3. The van der Waals surface area contributed by atoms with E-state index >= 15 is 0 Å². The number of rotatable bonds is 1. The van der Waals surface area contributed by atoms with Gasteiger partial charge in [0.05, 0.1) is 5.52 Å². The third-order valence-electron chi connectivity index (χ3n) is 2.88. The van der Waals surface area contributed by atoms with Crippen molar-refractivity contribution in [1.82, 2.24) is 4.98 Å². The van der Waals surface area contributed by atoms with Crippen molar-refractivity contribution >= 4 is 16.7 Å². The van der Waals surface area contributed by atoms with Gasteiger partial charge in [-0.3, -0.25) is 4.79 Å². The monoisotopic (exact) mass is 213 g/mol. The van der Waals surface area contributed by atoms with Crippen LogP contribution in [0.15, 0.2) is 30.3 Å². The van der Waals surface area contributed by atoms with Crippen molar-refractivity contribution in [2.45, 2.75) is 19.4 Å². The van der Waals surface area contributed by atoms with Crippen LogP contribution in [0.1, 0.15) is 12.5 Å². The molecular formula is C13H11NO2. The smallest absolute Gasteiger partial charge is 0.218 e. The summed E-state index contributed by atoms with van der Waals surface area (Å²) in [5.41, 5.74) is 1.93. The summed E-state index contributed by atoms with van der Waals surface area (Å²) < 4.78 is 5.52. The zero-order valence-corrected chi connectivity index (χ0v) is 8.93. The number of benzene rings is 1. The summed E-state index contributed by atoms with van der Waals surface area (Å²) in [7, 11) is 0. The average Bonchev–Trinajstić information content (AvgIpc) is 2.68. The highest BCUT2D eigenvalue weighted by Crippen LogP contribution is 2.30. The van der Waals surface area contributed by atoms with Crippen LogP contribution in [0, 0.1) is 0 Å². The Morgan fingerprint density at radius 2 is 2.25 bits per heavy atom. The molecule has 0 saturated carbocycles. The van der Waals surface area contributed by atoms with Crippen molar-refractivity contribution in [2.24, 2.45) is 0 Å². The fourth-order valence-corrected chi connectivity index (χ4v) is 1.99. The molecule has 1 aliphatic heterocycles. The highest BCUT2D eigenvalue weighted by molar-refractivity contribution is 5.84. The second-order valence-electron chi connectivity index (χ2n) is 4.07. The van der Waals surface area contributed by atoms with E-state index in [0.717, 1.165) is 16.5 Å².